The lowest BCUT2D eigenvalue weighted by molar-refractivity contribution is 0.0695. The van der Waals surface area contributed by atoms with Crippen LogP contribution in [0.15, 0.2) is 33.7 Å². The molecule has 0 radical (unpaired) electrons. The highest BCUT2D eigenvalue weighted by molar-refractivity contribution is 9.10. The summed E-state index contributed by atoms with van der Waals surface area (Å²) in [5.41, 5.74) is 0.0924. The van der Waals surface area contributed by atoms with E-state index in [1.807, 2.05) is 19.9 Å². The molecule has 0 bridgehead atoms. The first-order valence-corrected chi connectivity index (χ1v) is 6.29. The van der Waals surface area contributed by atoms with Crippen LogP contribution in [0.2, 0.25) is 0 Å². The minimum Gasteiger partial charge on any atom is -0.477 e. The van der Waals surface area contributed by atoms with Gasteiger partial charge in [-0.25, -0.2) is 4.79 Å². The first-order valence-electron chi connectivity index (χ1n) is 5.49. The van der Waals surface area contributed by atoms with Crippen LogP contribution in [0.25, 0.3) is 10.9 Å². The summed E-state index contributed by atoms with van der Waals surface area (Å²) < 4.78 is 2.65. The van der Waals surface area contributed by atoms with E-state index in [0.717, 1.165) is 9.99 Å². The van der Waals surface area contributed by atoms with Crippen LogP contribution in [0.4, 0.5) is 0 Å². The average Bonchev–Trinajstić information content (AvgIpc) is 2.28. The molecule has 1 aromatic heterocycles. The maximum absolute atomic E-state index is 12.0. The molecule has 5 heteroatoms. The molecule has 0 amide bonds. The van der Waals surface area contributed by atoms with E-state index in [-0.39, 0.29) is 11.6 Å². The van der Waals surface area contributed by atoms with Crippen molar-refractivity contribution >= 4 is 32.8 Å². The minimum atomic E-state index is -1.20. The van der Waals surface area contributed by atoms with E-state index in [1.165, 1.54) is 6.20 Å². The second-order valence-electron chi connectivity index (χ2n) is 4.34. The quantitative estimate of drug-likeness (QED) is 0.927. The van der Waals surface area contributed by atoms with Crippen molar-refractivity contribution in [2.75, 3.05) is 0 Å². The van der Waals surface area contributed by atoms with E-state index >= 15 is 0 Å². The topological polar surface area (TPSA) is 59.3 Å². The Bertz CT molecular complexity index is 688. The Balaban J connectivity index is 2.97. The second-order valence-corrected chi connectivity index (χ2v) is 5.26. The fourth-order valence-corrected chi connectivity index (χ4v) is 2.25. The number of hydrogen-bond acceptors (Lipinski definition) is 2. The van der Waals surface area contributed by atoms with Crippen LogP contribution in [0, 0.1) is 0 Å². The van der Waals surface area contributed by atoms with Gasteiger partial charge in [0.1, 0.15) is 5.56 Å². The molecule has 0 aliphatic rings. The number of hydrogen-bond donors (Lipinski definition) is 1. The molecule has 0 unspecified atom stereocenters. The first-order chi connectivity index (χ1) is 8.41. The third kappa shape index (κ3) is 2.06. The predicted octanol–water partition coefficient (Wildman–Crippen LogP) is 3.04. The average molecular weight is 310 g/mol. The van der Waals surface area contributed by atoms with Gasteiger partial charge in [-0.2, -0.15) is 0 Å². The van der Waals surface area contributed by atoms with Gasteiger partial charge < -0.3 is 9.67 Å². The van der Waals surface area contributed by atoms with Gasteiger partial charge in [-0.3, -0.25) is 4.79 Å². The molecule has 18 heavy (non-hydrogen) atoms. The van der Waals surface area contributed by atoms with Crippen molar-refractivity contribution in [3.05, 3.63) is 44.7 Å². The van der Waals surface area contributed by atoms with E-state index in [4.69, 9.17) is 5.11 Å². The number of nitrogens with zero attached hydrogens (tertiary/aromatic N) is 1. The molecule has 2 rings (SSSR count). The van der Waals surface area contributed by atoms with Crippen molar-refractivity contribution in [3.63, 3.8) is 0 Å². The monoisotopic (exact) mass is 309 g/mol. The van der Waals surface area contributed by atoms with Gasteiger partial charge in [0.05, 0.1) is 5.52 Å². The highest BCUT2D eigenvalue weighted by Crippen LogP contribution is 2.21. The molecular formula is C13H12BrNO3. The van der Waals surface area contributed by atoms with Gasteiger partial charge in [0.2, 0.25) is 5.43 Å². The van der Waals surface area contributed by atoms with Crippen LogP contribution < -0.4 is 5.43 Å². The van der Waals surface area contributed by atoms with E-state index in [1.54, 1.807) is 16.7 Å². The molecule has 1 N–H and O–H groups in total. The van der Waals surface area contributed by atoms with Crippen LogP contribution in [0.5, 0.6) is 0 Å². The summed E-state index contributed by atoms with van der Waals surface area (Å²) in [6.45, 7) is 3.88. The lowest BCUT2D eigenvalue weighted by Crippen LogP contribution is -2.19. The first kappa shape index (κ1) is 12.8. The zero-order valence-corrected chi connectivity index (χ0v) is 11.6. The van der Waals surface area contributed by atoms with E-state index in [9.17, 15) is 9.59 Å². The summed E-state index contributed by atoms with van der Waals surface area (Å²) in [4.78, 5) is 23.1. The smallest absolute Gasteiger partial charge is 0.341 e. The standard InChI is InChI=1S/C13H12BrNO3/c1-7(2)15-6-10(13(17)18)12(16)9-4-3-8(14)5-11(9)15/h3-7H,1-2H3,(H,17,18). The second kappa shape index (κ2) is 4.57. The molecule has 0 atom stereocenters. The van der Waals surface area contributed by atoms with Crippen LogP contribution in [0.3, 0.4) is 0 Å². The third-order valence-electron chi connectivity index (χ3n) is 2.78. The van der Waals surface area contributed by atoms with Crippen LogP contribution in [0.1, 0.15) is 30.2 Å². The van der Waals surface area contributed by atoms with Crippen molar-refractivity contribution in [1.82, 2.24) is 4.57 Å². The number of carboxylic acid groups (broad SMARTS) is 1. The van der Waals surface area contributed by atoms with Crippen LogP contribution in [-0.2, 0) is 0 Å². The van der Waals surface area contributed by atoms with Gasteiger partial charge in [0.25, 0.3) is 0 Å². The fourth-order valence-electron chi connectivity index (χ4n) is 1.90. The Morgan fingerprint density at radius 3 is 2.61 bits per heavy atom. The number of rotatable bonds is 2. The lowest BCUT2D eigenvalue weighted by atomic mass is 10.1. The molecule has 0 fully saturated rings. The predicted molar refractivity (Wildman–Crippen MR) is 73.3 cm³/mol. The fraction of sp³-hybridized carbons (Fsp3) is 0.231. The van der Waals surface area contributed by atoms with Gasteiger partial charge in [-0.1, -0.05) is 15.9 Å². The largest absolute Gasteiger partial charge is 0.477 e. The molecule has 2 aromatic rings. The summed E-state index contributed by atoms with van der Waals surface area (Å²) >= 11 is 3.36. The van der Waals surface area contributed by atoms with E-state index < -0.39 is 11.4 Å². The number of benzene rings is 1. The summed E-state index contributed by atoms with van der Waals surface area (Å²) in [5, 5.41) is 9.49. The third-order valence-corrected chi connectivity index (χ3v) is 3.28. The Hall–Kier alpha value is -1.62. The molecule has 1 aromatic carbocycles. The molecular weight excluding hydrogens is 298 g/mol. The van der Waals surface area contributed by atoms with Gasteiger partial charge >= 0.3 is 5.97 Å². The molecule has 0 aliphatic heterocycles. The van der Waals surface area contributed by atoms with Crippen molar-refractivity contribution in [3.8, 4) is 0 Å². The van der Waals surface area contributed by atoms with Gasteiger partial charge in [-0.05, 0) is 32.0 Å². The Labute approximate surface area is 112 Å². The van der Waals surface area contributed by atoms with E-state index in [2.05, 4.69) is 15.9 Å². The number of carbonyl (C=O) groups is 1. The molecule has 1 heterocycles. The molecule has 0 saturated heterocycles. The molecule has 4 nitrogen and oxygen atoms in total. The summed E-state index contributed by atoms with van der Waals surface area (Å²) in [6.07, 6.45) is 1.41. The highest BCUT2D eigenvalue weighted by atomic mass is 79.9. The van der Waals surface area contributed by atoms with E-state index in [0.29, 0.717) is 5.39 Å². The number of carboxylic acids is 1. The number of pyridine rings is 1. The summed E-state index contributed by atoms with van der Waals surface area (Å²) in [5.74, 6) is -1.20. The number of aromatic carboxylic acids is 1. The summed E-state index contributed by atoms with van der Waals surface area (Å²) in [6, 6.07) is 5.27. The zero-order chi connectivity index (χ0) is 13.4. The van der Waals surface area contributed by atoms with Gasteiger partial charge in [-0.15, -0.1) is 0 Å². The Morgan fingerprint density at radius 1 is 1.39 bits per heavy atom. The number of aromatic nitrogens is 1. The van der Waals surface area contributed by atoms with Crippen LogP contribution >= 0.6 is 15.9 Å². The Morgan fingerprint density at radius 2 is 2.06 bits per heavy atom. The number of fused-ring (bicyclic) bond motifs is 1. The lowest BCUT2D eigenvalue weighted by Gasteiger charge is -2.15. The van der Waals surface area contributed by atoms with Gasteiger partial charge in [0.15, 0.2) is 0 Å². The number of halogens is 1. The normalized spacial score (nSPS) is 11.1. The van der Waals surface area contributed by atoms with Crippen LogP contribution in [-0.4, -0.2) is 15.6 Å². The maximum Gasteiger partial charge on any atom is 0.341 e. The molecule has 0 aliphatic carbocycles. The van der Waals surface area contributed by atoms with Crippen molar-refractivity contribution in [1.29, 1.82) is 0 Å². The Kier molecular flexibility index (Phi) is 3.26. The van der Waals surface area contributed by atoms with Gasteiger partial charge in [0, 0.05) is 22.1 Å². The molecule has 0 saturated carbocycles. The molecule has 0 spiro atoms. The minimum absolute atomic E-state index is 0.0699. The van der Waals surface area contributed by atoms with Crippen molar-refractivity contribution in [2.24, 2.45) is 0 Å². The zero-order valence-electron chi connectivity index (χ0n) is 9.98. The van der Waals surface area contributed by atoms with Crippen molar-refractivity contribution < 1.29 is 9.90 Å². The SMILES string of the molecule is CC(C)n1cc(C(=O)O)c(=O)c2ccc(Br)cc21. The summed E-state index contributed by atoms with van der Waals surface area (Å²) in [7, 11) is 0. The maximum atomic E-state index is 12.0. The molecule has 94 valence electrons. The highest BCUT2D eigenvalue weighted by Gasteiger charge is 2.15. The van der Waals surface area contributed by atoms with Crippen molar-refractivity contribution in [2.45, 2.75) is 19.9 Å².